The number of piperidine rings is 1. The molecule has 3 aliphatic rings. The molecule has 1 saturated carbocycles. The van der Waals surface area contributed by atoms with Gasteiger partial charge in [0.15, 0.2) is 10.9 Å². The molecule has 1 aliphatic carbocycles. The maximum Gasteiger partial charge on any atom is 0.573 e. The number of nitrogens with zero attached hydrogens (tertiary/aromatic N) is 4. The first-order valence-electron chi connectivity index (χ1n) is 15.4. The van der Waals surface area contributed by atoms with E-state index in [1.807, 2.05) is 0 Å². The monoisotopic (exact) mass is 710 g/mol. The van der Waals surface area contributed by atoms with Crippen LogP contribution in [0.25, 0.3) is 21.5 Å². The number of benzene rings is 2. The van der Waals surface area contributed by atoms with Crippen molar-refractivity contribution in [3.63, 3.8) is 0 Å². The molecule has 2 aliphatic heterocycles. The van der Waals surface area contributed by atoms with Gasteiger partial charge in [-0.15, -0.1) is 13.2 Å². The number of anilines is 2. The lowest BCUT2D eigenvalue weighted by Gasteiger charge is -2.38. The summed E-state index contributed by atoms with van der Waals surface area (Å²) in [5.74, 6) is -0.967. The molecular formula is C31H30F4N4O7S2. The molecule has 7 rings (SSSR count). The van der Waals surface area contributed by atoms with Gasteiger partial charge in [0.25, 0.3) is 10.1 Å². The van der Waals surface area contributed by atoms with Crippen molar-refractivity contribution in [2.75, 3.05) is 22.1 Å². The fourth-order valence-corrected chi connectivity index (χ4v) is 8.27. The number of aromatic nitrogens is 2. The Morgan fingerprint density at radius 1 is 1.12 bits per heavy atom. The second-order valence-corrected chi connectivity index (χ2v) is 14.8. The SMILES string of the molecule is O=CN(CCS(=O)(=O)O)c1cc(F)c2nc(N3[C@@H]4CC[C@H]3C[C@H](OCc3c(-c5ccccc5OC(F)(F)F)noc3C3CC3)C4)sc2c1. The highest BCUT2D eigenvalue weighted by atomic mass is 32.2. The first kappa shape index (κ1) is 32.7. The molecule has 1 amide bonds. The maximum absolute atomic E-state index is 15.2. The number of carbonyl (C=O) groups excluding carboxylic acids is 1. The van der Waals surface area contributed by atoms with Crippen molar-refractivity contribution in [1.29, 1.82) is 0 Å². The molecule has 2 aromatic carbocycles. The van der Waals surface area contributed by atoms with E-state index in [4.69, 9.17) is 13.8 Å². The molecule has 2 aromatic heterocycles. The molecule has 256 valence electrons. The molecule has 3 fully saturated rings. The summed E-state index contributed by atoms with van der Waals surface area (Å²) in [6.45, 7) is -0.238. The molecule has 0 radical (unpaired) electrons. The van der Waals surface area contributed by atoms with E-state index in [9.17, 15) is 26.4 Å². The minimum atomic E-state index is -4.87. The van der Waals surface area contributed by atoms with Crippen LogP contribution in [0.3, 0.4) is 0 Å². The predicted octanol–water partition coefficient (Wildman–Crippen LogP) is 6.43. The molecule has 2 bridgehead atoms. The van der Waals surface area contributed by atoms with Crippen molar-refractivity contribution in [3.05, 3.63) is 53.5 Å². The zero-order valence-corrected chi connectivity index (χ0v) is 26.9. The summed E-state index contributed by atoms with van der Waals surface area (Å²) in [7, 11) is -4.32. The molecule has 3 atom stereocenters. The van der Waals surface area contributed by atoms with Crippen LogP contribution in [0.5, 0.6) is 5.75 Å². The number of para-hydroxylation sites is 1. The number of ether oxygens (including phenoxy) is 2. The Labute approximate surface area is 276 Å². The van der Waals surface area contributed by atoms with Gasteiger partial charge in [-0.1, -0.05) is 28.6 Å². The number of thiazole rings is 1. The number of amides is 1. The van der Waals surface area contributed by atoms with E-state index in [-0.39, 0.29) is 65.5 Å². The number of alkyl halides is 3. The molecule has 48 heavy (non-hydrogen) atoms. The standard InChI is InChI=1S/C31H30F4N4O7S2/c32-24-13-20(38(16-40)9-10-48(41,42)43)14-26-28(24)36-30(47-26)39-18-7-8-19(39)12-21(11-18)44-15-23-27(37-46-29(23)17-5-6-17)22-3-1-2-4-25(22)45-31(33,34)35/h1-4,13-14,16-19,21H,5-12,15H2,(H,41,42,43)/t18-,19+,21-. The average molecular weight is 711 g/mol. The Balaban J connectivity index is 1.08. The molecule has 17 heteroatoms. The number of carbonyl (C=O) groups is 1. The minimum absolute atomic E-state index is 0.0591. The second-order valence-electron chi connectivity index (χ2n) is 12.2. The van der Waals surface area contributed by atoms with Crippen LogP contribution in [0, 0.1) is 5.82 Å². The van der Waals surface area contributed by atoms with Crippen LogP contribution >= 0.6 is 11.3 Å². The first-order valence-corrected chi connectivity index (χ1v) is 17.8. The fraction of sp³-hybridized carbons (Fsp3) is 0.452. The molecule has 0 spiro atoms. The minimum Gasteiger partial charge on any atom is -0.405 e. The zero-order chi connectivity index (χ0) is 33.8. The fourth-order valence-electron chi connectivity index (χ4n) is 6.69. The van der Waals surface area contributed by atoms with E-state index in [1.165, 1.54) is 29.5 Å². The van der Waals surface area contributed by atoms with Gasteiger partial charge in [-0.2, -0.15) is 8.42 Å². The third-order valence-corrected chi connectivity index (χ3v) is 10.7. The normalized spacial score (nSPS) is 21.2. The lowest BCUT2D eigenvalue weighted by Crippen LogP contribution is -2.45. The number of hydrogen-bond acceptors (Lipinski definition) is 10. The molecule has 11 nitrogen and oxygen atoms in total. The molecular weight excluding hydrogens is 680 g/mol. The van der Waals surface area contributed by atoms with Gasteiger partial charge in [-0.25, -0.2) is 9.37 Å². The Morgan fingerprint density at radius 2 is 1.85 bits per heavy atom. The van der Waals surface area contributed by atoms with Gasteiger partial charge < -0.3 is 23.8 Å². The predicted molar refractivity (Wildman–Crippen MR) is 167 cm³/mol. The van der Waals surface area contributed by atoms with Crippen LogP contribution < -0.4 is 14.5 Å². The van der Waals surface area contributed by atoms with Crippen molar-refractivity contribution >= 4 is 48.9 Å². The number of halogens is 4. The molecule has 4 aromatic rings. The summed E-state index contributed by atoms with van der Waals surface area (Å²) in [5, 5.41) is 4.79. The summed E-state index contributed by atoms with van der Waals surface area (Å²) >= 11 is 1.27. The van der Waals surface area contributed by atoms with Gasteiger partial charge in [0, 0.05) is 41.4 Å². The number of hydrogen-bond donors (Lipinski definition) is 1. The summed E-state index contributed by atoms with van der Waals surface area (Å²) in [6.07, 6.45) is 0.194. The third kappa shape index (κ3) is 6.86. The van der Waals surface area contributed by atoms with Gasteiger partial charge in [-0.3, -0.25) is 9.35 Å². The smallest absolute Gasteiger partial charge is 0.405 e. The Hall–Kier alpha value is -3.80. The van der Waals surface area contributed by atoms with Crippen LogP contribution in [0.2, 0.25) is 0 Å². The van der Waals surface area contributed by atoms with E-state index in [2.05, 4.69) is 19.8 Å². The quantitative estimate of drug-likeness (QED) is 0.0995. The average Bonchev–Trinajstić information content (AvgIpc) is 3.53. The highest BCUT2D eigenvalue weighted by molar-refractivity contribution is 7.85. The van der Waals surface area contributed by atoms with E-state index < -0.39 is 28.1 Å². The van der Waals surface area contributed by atoms with Gasteiger partial charge in [-0.05, 0) is 62.8 Å². The van der Waals surface area contributed by atoms with Gasteiger partial charge >= 0.3 is 6.36 Å². The molecule has 0 unspecified atom stereocenters. The van der Waals surface area contributed by atoms with Crippen molar-refractivity contribution in [1.82, 2.24) is 10.1 Å². The van der Waals surface area contributed by atoms with Crippen molar-refractivity contribution in [3.8, 4) is 17.0 Å². The van der Waals surface area contributed by atoms with Crippen LogP contribution in [0.15, 0.2) is 40.9 Å². The summed E-state index contributed by atoms with van der Waals surface area (Å²) in [5.41, 5.74) is 1.33. The molecule has 2 saturated heterocycles. The number of fused-ring (bicyclic) bond motifs is 3. The van der Waals surface area contributed by atoms with Crippen LogP contribution in [-0.2, 0) is 26.3 Å². The first-order chi connectivity index (χ1) is 22.9. The summed E-state index contributed by atoms with van der Waals surface area (Å²) in [4.78, 5) is 19.4. The van der Waals surface area contributed by atoms with Gasteiger partial charge in [0.1, 0.15) is 22.7 Å². The van der Waals surface area contributed by atoms with E-state index in [0.29, 0.717) is 40.4 Å². The maximum atomic E-state index is 15.2. The Kier molecular flexibility index (Phi) is 8.58. The van der Waals surface area contributed by atoms with Crippen molar-refractivity contribution < 1.29 is 49.3 Å². The third-order valence-electron chi connectivity index (χ3n) is 8.98. The van der Waals surface area contributed by atoms with Crippen molar-refractivity contribution in [2.24, 2.45) is 0 Å². The lowest BCUT2D eigenvalue weighted by atomic mass is 10.00. The van der Waals surface area contributed by atoms with Crippen LogP contribution in [-0.4, -0.2) is 66.4 Å². The zero-order valence-electron chi connectivity index (χ0n) is 25.2. The summed E-state index contributed by atoms with van der Waals surface area (Å²) in [6, 6.07) is 8.62. The topological polar surface area (TPSA) is 135 Å². The largest absolute Gasteiger partial charge is 0.573 e. The van der Waals surface area contributed by atoms with Gasteiger partial charge in [0.2, 0.25) is 6.41 Å². The molecule has 4 heterocycles. The van der Waals surface area contributed by atoms with Crippen molar-refractivity contribution in [2.45, 2.75) is 75.6 Å². The van der Waals surface area contributed by atoms with Gasteiger partial charge in [0.05, 0.1) is 23.2 Å². The highest BCUT2D eigenvalue weighted by Gasteiger charge is 2.43. The van der Waals surface area contributed by atoms with E-state index >= 15 is 4.39 Å². The van der Waals surface area contributed by atoms with Crippen LogP contribution in [0.1, 0.15) is 55.8 Å². The Bertz CT molecular complexity index is 1930. The highest BCUT2D eigenvalue weighted by Crippen LogP contribution is 2.47. The van der Waals surface area contributed by atoms with Crippen LogP contribution in [0.4, 0.5) is 28.4 Å². The molecule has 1 N–H and O–H groups in total. The lowest BCUT2D eigenvalue weighted by molar-refractivity contribution is -0.274. The Morgan fingerprint density at radius 3 is 2.52 bits per heavy atom. The second kappa shape index (κ2) is 12.6. The van der Waals surface area contributed by atoms with E-state index in [1.54, 1.807) is 12.1 Å². The summed E-state index contributed by atoms with van der Waals surface area (Å²) < 4.78 is 103. The number of rotatable bonds is 12. The van der Waals surface area contributed by atoms with E-state index in [0.717, 1.165) is 36.6 Å².